The van der Waals surface area contributed by atoms with E-state index in [1.807, 2.05) is 62.4 Å². The summed E-state index contributed by atoms with van der Waals surface area (Å²) in [5.41, 5.74) is 1.79. The number of amides is 2. The van der Waals surface area contributed by atoms with Crippen LogP contribution in [0.2, 0.25) is 0 Å². The van der Waals surface area contributed by atoms with Gasteiger partial charge in [-0.15, -0.1) is 11.8 Å². The van der Waals surface area contributed by atoms with E-state index in [0.29, 0.717) is 12.3 Å². The number of rotatable bonds is 6. The van der Waals surface area contributed by atoms with Crippen molar-refractivity contribution in [3.63, 3.8) is 0 Å². The lowest BCUT2D eigenvalue weighted by Crippen LogP contribution is -2.43. The first-order valence-corrected chi connectivity index (χ1v) is 9.56. The summed E-state index contributed by atoms with van der Waals surface area (Å²) in [6, 6.07) is 15.3. The van der Waals surface area contributed by atoms with E-state index in [1.54, 1.807) is 4.90 Å². The van der Waals surface area contributed by atoms with Crippen LogP contribution in [0.5, 0.6) is 5.75 Å². The maximum absolute atomic E-state index is 12.3. The van der Waals surface area contributed by atoms with Crippen LogP contribution >= 0.6 is 11.8 Å². The quantitative estimate of drug-likeness (QED) is 0.848. The summed E-state index contributed by atoms with van der Waals surface area (Å²) in [7, 11) is 0. The maximum Gasteiger partial charge on any atom is 0.240 e. The Morgan fingerprint density at radius 2 is 1.92 bits per heavy atom. The van der Waals surface area contributed by atoms with E-state index in [1.165, 1.54) is 11.8 Å². The molecule has 2 amide bonds. The van der Waals surface area contributed by atoms with E-state index in [4.69, 9.17) is 4.74 Å². The highest BCUT2D eigenvalue weighted by Crippen LogP contribution is 2.34. The molecule has 0 radical (unpaired) electrons. The molecule has 2 aromatic carbocycles. The van der Waals surface area contributed by atoms with Crippen LogP contribution in [-0.2, 0) is 16.1 Å². The average Bonchev–Trinajstić information content (AvgIpc) is 2.63. The molecule has 0 atom stereocenters. The Labute approximate surface area is 157 Å². The minimum Gasteiger partial charge on any atom is -0.491 e. The molecule has 0 saturated heterocycles. The fraction of sp³-hybridized carbons (Fsp3) is 0.300. The molecule has 0 spiro atoms. The zero-order chi connectivity index (χ0) is 18.5. The number of carbonyl (C=O) groups is 2. The number of anilines is 1. The Morgan fingerprint density at radius 3 is 2.65 bits per heavy atom. The van der Waals surface area contributed by atoms with Gasteiger partial charge in [0.15, 0.2) is 0 Å². The van der Waals surface area contributed by atoms with Gasteiger partial charge in [0.2, 0.25) is 11.8 Å². The Hall–Kier alpha value is -2.47. The lowest BCUT2D eigenvalue weighted by molar-refractivity contribution is -0.123. The van der Waals surface area contributed by atoms with Crippen molar-refractivity contribution < 1.29 is 14.3 Å². The molecular weight excluding hydrogens is 348 g/mol. The van der Waals surface area contributed by atoms with Gasteiger partial charge in [-0.25, -0.2) is 0 Å². The van der Waals surface area contributed by atoms with Gasteiger partial charge in [-0.05, 0) is 43.7 Å². The van der Waals surface area contributed by atoms with Crippen molar-refractivity contribution in [2.24, 2.45) is 0 Å². The molecule has 5 nitrogen and oxygen atoms in total. The van der Waals surface area contributed by atoms with E-state index >= 15 is 0 Å². The Kier molecular flexibility index (Phi) is 5.83. The molecule has 136 valence electrons. The predicted octanol–water partition coefficient (Wildman–Crippen LogP) is 3.23. The van der Waals surface area contributed by atoms with Crippen molar-refractivity contribution in [2.45, 2.75) is 31.4 Å². The first kappa shape index (κ1) is 18.3. The number of benzene rings is 2. The lowest BCUT2D eigenvalue weighted by atomic mass is 10.2. The third-order valence-electron chi connectivity index (χ3n) is 3.89. The van der Waals surface area contributed by atoms with Crippen LogP contribution in [0.25, 0.3) is 0 Å². The van der Waals surface area contributed by atoms with Crippen molar-refractivity contribution in [1.82, 2.24) is 5.32 Å². The van der Waals surface area contributed by atoms with Gasteiger partial charge in [0, 0.05) is 11.4 Å². The van der Waals surface area contributed by atoms with Gasteiger partial charge in [-0.1, -0.05) is 24.3 Å². The largest absolute Gasteiger partial charge is 0.491 e. The zero-order valence-electron chi connectivity index (χ0n) is 14.9. The molecule has 1 N–H and O–H groups in total. The topological polar surface area (TPSA) is 58.6 Å². The summed E-state index contributed by atoms with van der Waals surface area (Å²) in [5.74, 6) is 0.950. The van der Waals surface area contributed by atoms with Gasteiger partial charge in [0.05, 0.1) is 17.5 Å². The fourth-order valence-corrected chi connectivity index (χ4v) is 3.62. The number of nitrogens with one attached hydrogen (secondary N) is 1. The molecule has 0 aliphatic carbocycles. The minimum absolute atomic E-state index is 0.0327. The molecule has 2 aromatic rings. The molecule has 3 rings (SSSR count). The van der Waals surface area contributed by atoms with Crippen molar-refractivity contribution >= 4 is 29.3 Å². The van der Waals surface area contributed by atoms with Crippen molar-refractivity contribution in [1.29, 1.82) is 0 Å². The molecule has 6 heteroatoms. The monoisotopic (exact) mass is 370 g/mol. The summed E-state index contributed by atoms with van der Waals surface area (Å²) in [6.07, 6.45) is 0.128. The SMILES string of the molecule is CC(C)Oc1ccc(CNC(=O)CN2C(=O)CSc3ccccc32)cc1. The first-order valence-electron chi connectivity index (χ1n) is 8.57. The number of carbonyl (C=O) groups excluding carboxylic acids is 2. The van der Waals surface area contributed by atoms with Gasteiger partial charge >= 0.3 is 0 Å². The number of hydrogen-bond donors (Lipinski definition) is 1. The van der Waals surface area contributed by atoms with Crippen LogP contribution in [0.3, 0.4) is 0 Å². The predicted molar refractivity (Wildman–Crippen MR) is 104 cm³/mol. The van der Waals surface area contributed by atoms with Gasteiger partial charge in [-0.3, -0.25) is 9.59 Å². The molecule has 1 heterocycles. The van der Waals surface area contributed by atoms with E-state index in [9.17, 15) is 9.59 Å². The second-order valence-electron chi connectivity index (χ2n) is 6.32. The van der Waals surface area contributed by atoms with Gasteiger partial charge in [-0.2, -0.15) is 0 Å². The smallest absolute Gasteiger partial charge is 0.240 e. The number of nitrogens with zero attached hydrogens (tertiary/aromatic N) is 1. The lowest BCUT2D eigenvalue weighted by Gasteiger charge is -2.28. The standard InChI is InChI=1S/C20H22N2O3S/c1-14(2)25-16-9-7-15(8-10-16)11-21-19(23)12-22-17-5-3-4-6-18(17)26-13-20(22)24/h3-10,14H,11-13H2,1-2H3,(H,21,23). The zero-order valence-corrected chi connectivity index (χ0v) is 15.7. The first-order chi connectivity index (χ1) is 12.5. The van der Waals surface area contributed by atoms with Crippen LogP contribution in [0.1, 0.15) is 19.4 Å². The second-order valence-corrected chi connectivity index (χ2v) is 7.34. The van der Waals surface area contributed by atoms with Gasteiger partial charge in [0.25, 0.3) is 0 Å². The molecule has 1 aliphatic rings. The highest BCUT2D eigenvalue weighted by Gasteiger charge is 2.25. The van der Waals surface area contributed by atoms with Gasteiger partial charge < -0.3 is 15.0 Å². The second kappa shape index (κ2) is 8.27. The van der Waals surface area contributed by atoms with E-state index in [0.717, 1.165) is 21.9 Å². The number of fused-ring (bicyclic) bond motifs is 1. The number of ether oxygens (including phenoxy) is 1. The molecule has 0 fully saturated rings. The fourth-order valence-electron chi connectivity index (χ4n) is 2.69. The molecule has 1 aliphatic heterocycles. The number of thioether (sulfide) groups is 1. The summed E-state index contributed by atoms with van der Waals surface area (Å²) in [5, 5.41) is 2.88. The van der Waals surface area contributed by atoms with Crippen LogP contribution in [-0.4, -0.2) is 30.2 Å². The molecule has 0 bridgehead atoms. The van der Waals surface area contributed by atoms with Crippen molar-refractivity contribution in [3.05, 3.63) is 54.1 Å². The van der Waals surface area contributed by atoms with Crippen LogP contribution in [0, 0.1) is 0 Å². The van der Waals surface area contributed by atoms with Crippen LogP contribution < -0.4 is 15.0 Å². The number of para-hydroxylation sites is 1. The number of hydrogen-bond acceptors (Lipinski definition) is 4. The Morgan fingerprint density at radius 1 is 1.19 bits per heavy atom. The van der Waals surface area contributed by atoms with Gasteiger partial charge in [0.1, 0.15) is 12.3 Å². The Bertz CT molecular complexity index is 790. The maximum atomic E-state index is 12.3. The summed E-state index contributed by atoms with van der Waals surface area (Å²) < 4.78 is 5.61. The normalized spacial score (nSPS) is 13.5. The average molecular weight is 370 g/mol. The third kappa shape index (κ3) is 4.58. The molecular formula is C20H22N2O3S. The molecule has 0 aromatic heterocycles. The van der Waals surface area contributed by atoms with Crippen LogP contribution in [0.4, 0.5) is 5.69 Å². The summed E-state index contributed by atoms with van der Waals surface area (Å²) in [6.45, 7) is 4.41. The van der Waals surface area contributed by atoms with Crippen LogP contribution in [0.15, 0.2) is 53.4 Å². The highest BCUT2D eigenvalue weighted by atomic mass is 32.2. The highest BCUT2D eigenvalue weighted by molar-refractivity contribution is 8.00. The summed E-state index contributed by atoms with van der Waals surface area (Å²) in [4.78, 5) is 27.1. The van der Waals surface area contributed by atoms with E-state index in [-0.39, 0.29) is 24.5 Å². The van der Waals surface area contributed by atoms with E-state index < -0.39 is 0 Å². The molecule has 0 unspecified atom stereocenters. The molecule has 26 heavy (non-hydrogen) atoms. The van der Waals surface area contributed by atoms with Crippen molar-refractivity contribution in [2.75, 3.05) is 17.2 Å². The minimum atomic E-state index is -0.178. The molecule has 0 saturated carbocycles. The van der Waals surface area contributed by atoms with Crippen molar-refractivity contribution in [3.8, 4) is 5.75 Å². The summed E-state index contributed by atoms with van der Waals surface area (Å²) >= 11 is 1.51. The third-order valence-corrected chi connectivity index (χ3v) is 4.94. The van der Waals surface area contributed by atoms with E-state index in [2.05, 4.69) is 5.32 Å². The Balaban J connectivity index is 1.57.